The van der Waals surface area contributed by atoms with Gasteiger partial charge in [-0.15, -0.1) is 0 Å². The topological polar surface area (TPSA) is 48.1 Å². The Balaban J connectivity index is 1.35. The molecule has 0 atom stereocenters. The normalized spacial score (nSPS) is 20.1. The fourth-order valence-electron chi connectivity index (χ4n) is 5.17. The van der Waals surface area contributed by atoms with Gasteiger partial charge < -0.3 is 9.88 Å². The molecule has 5 heteroatoms. The molecule has 0 unspecified atom stereocenters. The molecule has 4 heterocycles. The summed E-state index contributed by atoms with van der Waals surface area (Å²) in [4.78, 5) is 17.7. The Labute approximate surface area is 166 Å². The summed E-state index contributed by atoms with van der Waals surface area (Å²) in [5.41, 5.74) is 4.07. The van der Waals surface area contributed by atoms with Gasteiger partial charge in [0.15, 0.2) is 0 Å². The molecular formula is C23H29N5. The predicted octanol–water partition coefficient (Wildman–Crippen LogP) is 4.29. The average molecular weight is 376 g/mol. The lowest BCUT2D eigenvalue weighted by atomic mass is 9.78. The van der Waals surface area contributed by atoms with Crippen molar-refractivity contribution in [1.82, 2.24) is 19.9 Å². The summed E-state index contributed by atoms with van der Waals surface area (Å²) in [6, 6.07) is 10.8. The van der Waals surface area contributed by atoms with Crippen LogP contribution in [-0.4, -0.2) is 45.0 Å². The number of nitrogens with one attached hydrogen (secondary N) is 1. The number of hydrogen-bond donors (Lipinski definition) is 1. The van der Waals surface area contributed by atoms with Gasteiger partial charge >= 0.3 is 0 Å². The van der Waals surface area contributed by atoms with Gasteiger partial charge in [0.1, 0.15) is 0 Å². The Morgan fingerprint density at radius 3 is 2.79 bits per heavy atom. The Bertz CT molecular complexity index is 954. The molecule has 1 aromatic carbocycles. The lowest BCUT2D eigenvalue weighted by Crippen LogP contribution is -2.57. The number of anilines is 1. The summed E-state index contributed by atoms with van der Waals surface area (Å²) in [5.74, 6) is 0.898. The van der Waals surface area contributed by atoms with Crippen molar-refractivity contribution in [2.24, 2.45) is 0 Å². The van der Waals surface area contributed by atoms with Crippen molar-refractivity contribution in [1.29, 1.82) is 0 Å². The molecule has 2 saturated heterocycles. The average Bonchev–Trinajstić information content (AvgIpc) is 3.20. The zero-order valence-electron chi connectivity index (χ0n) is 16.7. The highest BCUT2D eigenvalue weighted by Crippen LogP contribution is 2.39. The van der Waals surface area contributed by atoms with Crippen LogP contribution in [0.4, 0.5) is 5.95 Å². The number of fused-ring (bicyclic) bond motifs is 1. The molecule has 1 N–H and O–H groups in total. The SMILES string of the molecule is Cc1ccnc(N2CCC3(CCCCN3Cc3cccc4[nH]ccc34)CC2)n1. The van der Waals surface area contributed by atoms with Crippen LogP contribution < -0.4 is 4.90 Å². The third-order valence-corrected chi connectivity index (χ3v) is 6.80. The number of benzene rings is 1. The second-order valence-electron chi connectivity index (χ2n) is 8.44. The number of likely N-dealkylation sites (tertiary alicyclic amines) is 1. The highest BCUT2D eigenvalue weighted by atomic mass is 15.3. The first-order valence-corrected chi connectivity index (χ1v) is 10.6. The first-order chi connectivity index (χ1) is 13.7. The fraction of sp³-hybridized carbons (Fsp3) is 0.478. The molecule has 3 aromatic rings. The number of aryl methyl sites for hydroxylation is 1. The van der Waals surface area contributed by atoms with Gasteiger partial charge in [-0.3, -0.25) is 4.90 Å². The molecule has 0 radical (unpaired) electrons. The maximum Gasteiger partial charge on any atom is 0.225 e. The number of aromatic nitrogens is 3. The Hall–Kier alpha value is -2.40. The summed E-state index contributed by atoms with van der Waals surface area (Å²) >= 11 is 0. The van der Waals surface area contributed by atoms with Gasteiger partial charge in [-0.25, -0.2) is 9.97 Å². The van der Waals surface area contributed by atoms with E-state index in [0.29, 0.717) is 5.54 Å². The van der Waals surface area contributed by atoms with Crippen molar-refractivity contribution < 1.29 is 0 Å². The van der Waals surface area contributed by atoms with Crippen molar-refractivity contribution in [2.75, 3.05) is 24.5 Å². The van der Waals surface area contributed by atoms with Gasteiger partial charge in [0, 0.05) is 54.2 Å². The zero-order valence-corrected chi connectivity index (χ0v) is 16.7. The van der Waals surface area contributed by atoms with Gasteiger partial charge in [-0.05, 0) is 62.9 Å². The molecule has 2 aliphatic heterocycles. The number of piperidine rings is 2. The van der Waals surface area contributed by atoms with Crippen LogP contribution in [0, 0.1) is 6.92 Å². The van der Waals surface area contributed by atoms with Crippen molar-refractivity contribution in [3.63, 3.8) is 0 Å². The Kier molecular flexibility index (Phi) is 4.55. The van der Waals surface area contributed by atoms with Gasteiger partial charge in [-0.2, -0.15) is 0 Å². The van der Waals surface area contributed by atoms with Crippen LogP contribution in [0.3, 0.4) is 0 Å². The molecule has 0 amide bonds. The number of nitrogens with zero attached hydrogens (tertiary/aromatic N) is 4. The second-order valence-corrected chi connectivity index (χ2v) is 8.44. The minimum absolute atomic E-state index is 0.330. The Morgan fingerprint density at radius 2 is 1.93 bits per heavy atom. The van der Waals surface area contributed by atoms with E-state index in [1.54, 1.807) is 0 Å². The van der Waals surface area contributed by atoms with Gasteiger partial charge in [-0.1, -0.05) is 18.6 Å². The molecule has 146 valence electrons. The predicted molar refractivity (Wildman–Crippen MR) is 114 cm³/mol. The highest BCUT2D eigenvalue weighted by molar-refractivity contribution is 5.82. The summed E-state index contributed by atoms with van der Waals surface area (Å²) in [6.45, 7) is 6.40. The monoisotopic (exact) mass is 375 g/mol. The maximum atomic E-state index is 4.64. The van der Waals surface area contributed by atoms with Crippen molar-refractivity contribution in [3.8, 4) is 0 Å². The number of aromatic amines is 1. The molecule has 2 aliphatic rings. The first kappa shape index (κ1) is 17.7. The van der Waals surface area contributed by atoms with Gasteiger partial charge in [0.25, 0.3) is 0 Å². The molecule has 0 bridgehead atoms. The quantitative estimate of drug-likeness (QED) is 0.742. The lowest BCUT2D eigenvalue weighted by Gasteiger charge is -2.51. The number of H-pyrrole nitrogens is 1. The second kappa shape index (κ2) is 7.21. The van der Waals surface area contributed by atoms with Gasteiger partial charge in [0.05, 0.1) is 0 Å². The summed E-state index contributed by atoms with van der Waals surface area (Å²) in [5, 5.41) is 1.37. The smallest absolute Gasteiger partial charge is 0.225 e. The molecule has 2 aromatic heterocycles. The van der Waals surface area contributed by atoms with E-state index in [2.05, 4.69) is 55.2 Å². The molecular weight excluding hydrogens is 346 g/mol. The number of rotatable bonds is 3. The minimum Gasteiger partial charge on any atom is -0.361 e. The van der Waals surface area contributed by atoms with E-state index in [1.165, 1.54) is 55.1 Å². The molecule has 0 aliphatic carbocycles. The number of hydrogen-bond acceptors (Lipinski definition) is 4. The van der Waals surface area contributed by atoms with E-state index in [-0.39, 0.29) is 0 Å². The van der Waals surface area contributed by atoms with Crippen LogP contribution >= 0.6 is 0 Å². The minimum atomic E-state index is 0.330. The lowest BCUT2D eigenvalue weighted by molar-refractivity contribution is 0.0185. The fourth-order valence-corrected chi connectivity index (χ4v) is 5.17. The van der Waals surface area contributed by atoms with Gasteiger partial charge in [0.2, 0.25) is 5.95 Å². The Morgan fingerprint density at radius 1 is 1.04 bits per heavy atom. The first-order valence-electron chi connectivity index (χ1n) is 10.6. The third kappa shape index (κ3) is 3.18. The molecule has 28 heavy (non-hydrogen) atoms. The van der Waals surface area contributed by atoms with E-state index < -0.39 is 0 Å². The molecule has 1 spiro atoms. The largest absolute Gasteiger partial charge is 0.361 e. The van der Waals surface area contributed by atoms with E-state index in [9.17, 15) is 0 Å². The maximum absolute atomic E-state index is 4.64. The van der Waals surface area contributed by atoms with Crippen LogP contribution in [0.5, 0.6) is 0 Å². The van der Waals surface area contributed by atoms with E-state index in [0.717, 1.165) is 31.3 Å². The van der Waals surface area contributed by atoms with E-state index >= 15 is 0 Å². The standard InChI is InChI=1S/C23H29N5/c1-18-7-12-25-22(26-18)27-15-10-23(11-16-27)9-2-3-14-28(23)17-19-5-4-6-21-20(19)8-13-24-21/h4-8,12-13,24H,2-3,9-11,14-17H2,1H3. The summed E-state index contributed by atoms with van der Waals surface area (Å²) in [7, 11) is 0. The molecule has 0 saturated carbocycles. The zero-order chi connectivity index (χ0) is 19.0. The van der Waals surface area contributed by atoms with E-state index in [4.69, 9.17) is 0 Å². The van der Waals surface area contributed by atoms with Crippen LogP contribution in [0.15, 0.2) is 42.7 Å². The molecule has 2 fully saturated rings. The summed E-state index contributed by atoms with van der Waals surface area (Å²) < 4.78 is 0. The van der Waals surface area contributed by atoms with Crippen LogP contribution in [0.1, 0.15) is 43.4 Å². The van der Waals surface area contributed by atoms with Crippen LogP contribution in [-0.2, 0) is 6.54 Å². The van der Waals surface area contributed by atoms with Crippen LogP contribution in [0.25, 0.3) is 10.9 Å². The van der Waals surface area contributed by atoms with E-state index in [1.807, 2.05) is 19.2 Å². The van der Waals surface area contributed by atoms with Crippen molar-refractivity contribution >= 4 is 16.9 Å². The van der Waals surface area contributed by atoms with Crippen molar-refractivity contribution in [2.45, 2.75) is 51.1 Å². The summed E-state index contributed by atoms with van der Waals surface area (Å²) in [6.07, 6.45) is 10.3. The third-order valence-electron chi connectivity index (χ3n) is 6.80. The van der Waals surface area contributed by atoms with Crippen molar-refractivity contribution in [3.05, 3.63) is 54.0 Å². The highest BCUT2D eigenvalue weighted by Gasteiger charge is 2.41. The van der Waals surface area contributed by atoms with Crippen LogP contribution in [0.2, 0.25) is 0 Å². The molecule has 5 rings (SSSR count). The molecule has 5 nitrogen and oxygen atoms in total.